The molecule has 0 saturated heterocycles. The molecule has 1 unspecified atom stereocenters. The van der Waals surface area contributed by atoms with Gasteiger partial charge in [-0.1, -0.05) is 25.1 Å². The molecule has 1 heterocycles. The molecule has 3 heteroatoms. The van der Waals surface area contributed by atoms with E-state index in [0.717, 1.165) is 25.2 Å². The Labute approximate surface area is 119 Å². The first-order valence-electron chi connectivity index (χ1n) is 6.76. The Kier molecular flexibility index (Phi) is 5.43. The minimum atomic E-state index is 0.360. The maximum atomic E-state index is 5.61. The van der Waals surface area contributed by atoms with Gasteiger partial charge in [-0.2, -0.15) is 0 Å². The number of hydrogen-bond acceptors (Lipinski definition) is 3. The highest BCUT2D eigenvalue weighted by Crippen LogP contribution is 2.23. The number of rotatable bonds is 7. The summed E-state index contributed by atoms with van der Waals surface area (Å²) in [7, 11) is 2.01. The summed E-state index contributed by atoms with van der Waals surface area (Å²) in [4.78, 5) is 1.41. The summed E-state index contributed by atoms with van der Waals surface area (Å²) in [5.41, 5.74) is 1.31. The molecule has 1 atom stereocenters. The van der Waals surface area contributed by atoms with E-state index in [9.17, 15) is 0 Å². The van der Waals surface area contributed by atoms with Gasteiger partial charge in [-0.15, -0.1) is 11.3 Å². The van der Waals surface area contributed by atoms with Crippen LogP contribution >= 0.6 is 11.3 Å². The number of hydrogen-bond donors (Lipinski definition) is 1. The molecule has 1 N–H and O–H groups in total. The fourth-order valence-corrected chi connectivity index (χ4v) is 2.78. The Morgan fingerprint density at radius 1 is 1.21 bits per heavy atom. The number of ether oxygens (including phenoxy) is 1. The lowest BCUT2D eigenvalue weighted by Gasteiger charge is -2.16. The third-order valence-corrected chi connectivity index (χ3v) is 3.99. The predicted octanol–water partition coefficient (Wildman–Crippen LogP) is 4.04. The second-order valence-corrected chi connectivity index (χ2v) is 5.57. The van der Waals surface area contributed by atoms with Crippen molar-refractivity contribution in [1.82, 2.24) is 5.32 Å². The predicted molar refractivity (Wildman–Crippen MR) is 82.1 cm³/mol. The van der Waals surface area contributed by atoms with Gasteiger partial charge in [0, 0.05) is 17.3 Å². The molecule has 102 valence electrons. The molecule has 0 spiro atoms. The van der Waals surface area contributed by atoms with Gasteiger partial charge in [0.05, 0.1) is 6.61 Å². The molecule has 2 rings (SSSR count). The van der Waals surface area contributed by atoms with E-state index in [1.807, 2.05) is 18.4 Å². The first kappa shape index (κ1) is 14.1. The largest absolute Gasteiger partial charge is 0.494 e. The highest BCUT2D eigenvalue weighted by Gasteiger charge is 2.10. The van der Waals surface area contributed by atoms with Crippen molar-refractivity contribution in [1.29, 1.82) is 0 Å². The van der Waals surface area contributed by atoms with E-state index in [-0.39, 0.29) is 0 Å². The monoisotopic (exact) mass is 275 g/mol. The van der Waals surface area contributed by atoms with Crippen LogP contribution < -0.4 is 10.1 Å². The Morgan fingerprint density at radius 3 is 2.58 bits per heavy atom. The van der Waals surface area contributed by atoms with E-state index in [1.54, 1.807) is 0 Å². The van der Waals surface area contributed by atoms with E-state index in [4.69, 9.17) is 4.74 Å². The minimum Gasteiger partial charge on any atom is -0.494 e. The average molecular weight is 275 g/mol. The van der Waals surface area contributed by atoms with E-state index in [0.29, 0.717) is 6.04 Å². The van der Waals surface area contributed by atoms with Crippen LogP contribution in [0.4, 0.5) is 0 Å². The molecule has 0 aliphatic carbocycles. The molecule has 1 aromatic heterocycles. The quantitative estimate of drug-likeness (QED) is 0.823. The highest BCUT2D eigenvalue weighted by molar-refractivity contribution is 7.09. The molecular formula is C16H21NOS. The van der Waals surface area contributed by atoms with Gasteiger partial charge in [0.1, 0.15) is 5.75 Å². The number of benzene rings is 1. The lowest BCUT2D eigenvalue weighted by molar-refractivity contribution is 0.317. The van der Waals surface area contributed by atoms with Crippen molar-refractivity contribution >= 4 is 11.3 Å². The molecule has 0 bridgehead atoms. The van der Waals surface area contributed by atoms with Crippen LogP contribution in [0.3, 0.4) is 0 Å². The molecule has 2 aromatic rings. The molecule has 0 saturated carbocycles. The first-order chi connectivity index (χ1) is 9.33. The molecule has 0 aliphatic heterocycles. The van der Waals surface area contributed by atoms with Gasteiger partial charge < -0.3 is 10.1 Å². The van der Waals surface area contributed by atoms with Crippen molar-refractivity contribution in [3.63, 3.8) is 0 Å². The molecule has 0 fully saturated rings. The molecule has 1 aromatic carbocycles. The lowest BCUT2D eigenvalue weighted by atomic mass is 10.0. The number of nitrogens with one attached hydrogen (secondary N) is 1. The van der Waals surface area contributed by atoms with Gasteiger partial charge >= 0.3 is 0 Å². The van der Waals surface area contributed by atoms with Crippen LogP contribution in [-0.2, 0) is 6.42 Å². The molecule has 2 nitrogen and oxygen atoms in total. The molecule has 19 heavy (non-hydrogen) atoms. The molecule has 0 aliphatic rings. The zero-order chi connectivity index (χ0) is 13.5. The summed E-state index contributed by atoms with van der Waals surface area (Å²) in [6.45, 7) is 2.90. The van der Waals surface area contributed by atoms with Crippen LogP contribution in [-0.4, -0.2) is 13.7 Å². The van der Waals surface area contributed by atoms with Gasteiger partial charge in [0.2, 0.25) is 0 Å². The standard InChI is InChI=1S/C16H21NOS/c1-3-10-18-14-8-6-13(7-9-14)16(17-2)12-15-5-4-11-19-15/h4-9,11,16-17H,3,10,12H2,1-2H3. The lowest BCUT2D eigenvalue weighted by Crippen LogP contribution is -2.18. The summed E-state index contributed by atoms with van der Waals surface area (Å²) in [5, 5.41) is 5.51. The van der Waals surface area contributed by atoms with Crippen molar-refractivity contribution < 1.29 is 4.74 Å². The number of likely N-dealkylation sites (N-methyl/N-ethyl adjacent to an activating group) is 1. The fourth-order valence-electron chi connectivity index (χ4n) is 2.03. The van der Waals surface area contributed by atoms with Crippen LogP contribution in [0.1, 0.15) is 29.8 Å². The highest BCUT2D eigenvalue weighted by atomic mass is 32.1. The maximum Gasteiger partial charge on any atom is 0.119 e. The van der Waals surface area contributed by atoms with Crippen LogP contribution in [0.5, 0.6) is 5.75 Å². The van der Waals surface area contributed by atoms with E-state index in [2.05, 4.69) is 54.0 Å². The zero-order valence-corrected chi connectivity index (χ0v) is 12.4. The molecular weight excluding hydrogens is 254 g/mol. The van der Waals surface area contributed by atoms with Crippen LogP contribution in [0.25, 0.3) is 0 Å². The zero-order valence-electron chi connectivity index (χ0n) is 11.6. The van der Waals surface area contributed by atoms with Gasteiger partial charge in [-0.3, -0.25) is 0 Å². The van der Waals surface area contributed by atoms with Gasteiger partial charge in [-0.25, -0.2) is 0 Å². The van der Waals surface area contributed by atoms with Crippen molar-refractivity contribution in [3.8, 4) is 5.75 Å². The van der Waals surface area contributed by atoms with E-state index < -0.39 is 0 Å². The molecule has 0 radical (unpaired) electrons. The van der Waals surface area contributed by atoms with Crippen molar-refractivity contribution in [2.24, 2.45) is 0 Å². The summed E-state index contributed by atoms with van der Waals surface area (Å²) in [6, 6.07) is 13.1. The Morgan fingerprint density at radius 2 is 2.00 bits per heavy atom. The van der Waals surface area contributed by atoms with Gasteiger partial charge in [0.15, 0.2) is 0 Å². The smallest absolute Gasteiger partial charge is 0.119 e. The van der Waals surface area contributed by atoms with Crippen LogP contribution in [0.2, 0.25) is 0 Å². The van der Waals surface area contributed by atoms with Gasteiger partial charge in [-0.05, 0) is 42.6 Å². The fraction of sp³-hybridized carbons (Fsp3) is 0.375. The SMILES string of the molecule is CCCOc1ccc(C(Cc2cccs2)NC)cc1. The third-order valence-electron chi connectivity index (χ3n) is 3.09. The third kappa shape index (κ3) is 4.08. The Bertz CT molecular complexity index is 464. The average Bonchev–Trinajstić information content (AvgIpc) is 2.96. The second kappa shape index (κ2) is 7.31. The van der Waals surface area contributed by atoms with Gasteiger partial charge in [0.25, 0.3) is 0 Å². The second-order valence-electron chi connectivity index (χ2n) is 4.54. The van der Waals surface area contributed by atoms with Crippen molar-refractivity contribution in [2.75, 3.05) is 13.7 Å². The van der Waals surface area contributed by atoms with Crippen LogP contribution in [0.15, 0.2) is 41.8 Å². The first-order valence-corrected chi connectivity index (χ1v) is 7.64. The van der Waals surface area contributed by atoms with Crippen molar-refractivity contribution in [3.05, 3.63) is 52.2 Å². The normalized spacial score (nSPS) is 12.3. The number of thiophene rings is 1. The van der Waals surface area contributed by atoms with E-state index in [1.165, 1.54) is 10.4 Å². The summed E-state index contributed by atoms with van der Waals surface area (Å²) >= 11 is 1.81. The Hall–Kier alpha value is -1.32. The van der Waals surface area contributed by atoms with Crippen molar-refractivity contribution in [2.45, 2.75) is 25.8 Å². The minimum absolute atomic E-state index is 0.360. The van der Waals surface area contributed by atoms with E-state index >= 15 is 0 Å². The maximum absolute atomic E-state index is 5.61. The Balaban J connectivity index is 2.02. The summed E-state index contributed by atoms with van der Waals surface area (Å²) < 4.78 is 5.61. The topological polar surface area (TPSA) is 21.3 Å². The summed E-state index contributed by atoms with van der Waals surface area (Å²) in [5.74, 6) is 0.955. The summed E-state index contributed by atoms with van der Waals surface area (Å²) in [6.07, 6.45) is 2.07. The van der Waals surface area contributed by atoms with Crippen LogP contribution in [0, 0.1) is 0 Å². The molecule has 0 amide bonds.